The van der Waals surface area contributed by atoms with E-state index in [1.807, 2.05) is 20.9 Å². The van der Waals surface area contributed by atoms with Crippen molar-refractivity contribution in [1.82, 2.24) is 10.5 Å². The third-order valence-corrected chi connectivity index (χ3v) is 2.08. The minimum atomic E-state index is 0.0542. The Morgan fingerprint density at radius 3 is 2.87 bits per heavy atom. The molecule has 1 rings (SSSR count). The van der Waals surface area contributed by atoms with Crippen molar-refractivity contribution < 1.29 is 9.32 Å². The third-order valence-electron chi connectivity index (χ3n) is 2.08. The van der Waals surface area contributed by atoms with E-state index in [9.17, 15) is 4.79 Å². The number of nitrogens with one attached hydrogen (secondary N) is 1. The van der Waals surface area contributed by atoms with E-state index in [0.717, 1.165) is 6.54 Å². The molecule has 0 unspecified atom stereocenters. The topological polar surface area (TPSA) is 58.4 Å². The first kappa shape index (κ1) is 11.7. The predicted octanol–water partition coefficient (Wildman–Crippen LogP) is 0.945. The van der Waals surface area contributed by atoms with E-state index in [-0.39, 0.29) is 5.91 Å². The molecule has 0 atom stereocenters. The summed E-state index contributed by atoms with van der Waals surface area (Å²) in [6.07, 6.45) is 0.468. The largest absolute Gasteiger partial charge is 0.360 e. The van der Waals surface area contributed by atoms with Gasteiger partial charge in [-0.2, -0.15) is 0 Å². The minimum absolute atomic E-state index is 0.0542. The van der Waals surface area contributed by atoms with Crippen molar-refractivity contribution in [1.29, 1.82) is 0 Å². The lowest BCUT2D eigenvalue weighted by atomic mass is 10.3. The zero-order valence-electron chi connectivity index (χ0n) is 9.41. The quantitative estimate of drug-likeness (QED) is 0.787. The van der Waals surface area contributed by atoms with Gasteiger partial charge in [0, 0.05) is 25.6 Å². The van der Waals surface area contributed by atoms with E-state index < -0.39 is 0 Å². The zero-order valence-corrected chi connectivity index (χ0v) is 9.41. The first-order chi connectivity index (χ1) is 7.19. The van der Waals surface area contributed by atoms with Crippen molar-refractivity contribution in [3.63, 3.8) is 0 Å². The molecule has 1 amide bonds. The van der Waals surface area contributed by atoms with Gasteiger partial charge in [-0.05, 0) is 14.0 Å². The molecule has 1 N–H and O–H groups in total. The number of carbonyl (C=O) groups excluding carboxylic acids is 1. The van der Waals surface area contributed by atoms with Crippen LogP contribution in [0.3, 0.4) is 0 Å². The normalized spacial score (nSPS) is 10.3. The average Bonchev–Trinajstić information content (AvgIpc) is 2.65. The third kappa shape index (κ3) is 3.06. The predicted molar refractivity (Wildman–Crippen MR) is 57.8 cm³/mol. The summed E-state index contributed by atoms with van der Waals surface area (Å²) in [7, 11) is 1.85. The number of rotatable bonds is 5. The smallest absolute Gasteiger partial charge is 0.227 e. The SMILES string of the molecule is CCC(=O)N(CCNC)c1cc(C)on1. The lowest BCUT2D eigenvalue weighted by Crippen LogP contribution is -2.36. The van der Waals surface area contributed by atoms with Crippen LogP contribution in [0, 0.1) is 6.92 Å². The molecule has 0 spiro atoms. The van der Waals surface area contributed by atoms with Gasteiger partial charge in [-0.15, -0.1) is 0 Å². The lowest BCUT2D eigenvalue weighted by molar-refractivity contribution is -0.118. The van der Waals surface area contributed by atoms with Crippen LogP contribution in [0.25, 0.3) is 0 Å². The van der Waals surface area contributed by atoms with Crippen LogP contribution in [0.4, 0.5) is 5.82 Å². The first-order valence-electron chi connectivity index (χ1n) is 5.07. The van der Waals surface area contributed by atoms with E-state index in [2.05, 4.69) is 10.5 Å². The van der Waals surface area contributed by atoms with Crippen LogP contribution in [0.1, 0.15) is 19.1 Å². The maximum atomic E-state index is 11.6. The number of aromatic nitrogens is 1. The Labute approximate surface area is 89.4 Å². The number of hydrogen-bond donors (Lipinski definition) is 1. The molecule has 1 heterocycles. The van der Waals surface area contributed by atoms with Gasteiger partial charge in [-0.25, -0.2) is 0 Å². The van der Waals surface area contributed by atoms with E-state index in [0.29, 0.717) is 24.5 Å². The van der Waals surface area contributed by atoms with Crippen molar-refractivity contribution in [2.45, 2.75) is 20.3 Å². The zero-order chi connectivity index (χ0) is 11.3. The highest BCUT2D eigenvalue weighted by atomic mass is 16.5. The lowest BCUT2D eigenvalue weighted by Gasteiger charge is -2.18. The van der Waals surface area contributed by atoms with E-state index in [1.165, 1.54) is 0 Å². The molecule has 0 fully saturated rings. The van der Waals surface area contributed by atoms with E-state index in [4.69, 9.17) is 4.52 Å². The van der Waals surface area contributed by atoms with Crippen LogP contribution in [0.5, 0.6) is 0 Å². The molecule has 84 valence electrons. The second-order valence-corrected chi connectivity index (χ2v) is 3.30. The second-order valence-electron chi connectivity index (χ2n) is 3.30. The number of nitrogens with zero attached hydrogens (tertiary/aromatic N) is 2. The van der Waals surface area contributed by atoms with Crippen LogP contribution in [0.2, 0.25) is 0 Å². The standard InChI is InChI=1S/C10H17N3O2/c1-4-10(14)13(6-5-11-3)9-7-8(2)15-12-9/h7,11H,4-6H2,1-3H3. The summed E-state index contributed by atoms with van der Waals surface area (Å²) in [6.45, 7) is 4.98. The number of carbonyl (C=O) groups is 1. The van der Waals surface area contributed by atoms with Crippen LogP contribution in [0.15, 0.2) is 10.6 Å². The van der Waals surface area contributed by atoms with Gasteiger partial charge in [0.1, 0.15) is 5.76 Å². The molecule has 0 aliphatic rings. The van der Waals surface area contributed by atoms with Gasteiger partial charge in [0.15, 0.2) is 5.82 Å². The van der Waals surface area contributed by atoms with Crippen molar-refractivity contribution in [3.05, 3.63) is 11.8 Å². The number of anilines is 1. The molecule has 1 aromatic heterocycles. The number of aryl methyl sites for hydroxylation is 1. The van der Waals surface area contributed by atoms with Gasteiger partial charge in [0.25, 0.3) is 0 Å². The molecule has 0 aromatic carbocycles. The summed E-state index contributed by atoms with van der Waals surface area (Å²) in [6, 6.07) is 1.77. The molecule has 1 aromatic rings. The Kier molecular flexibility index (Phi) is 4.30. The summed E-state index contributed by atoms with van der Waals surface area (Å²) in [5.74, 6) is 1.36. The Bertz CT molecular complexity index is 322. The fraction of sp³-hybridized carbons (Fsp3) is 0.600. The maximum Gasteiger partial charge on any atom is 0.227 e. The molecular formula is C10H17N3O2. The van der Waals surface area contributed by atoms with Gasteiger partial charge < -0.3 is 9.84 Å². The summed E-state index contributed by atoms with van der Waals surface area (Å²) < 4.78 is 4.96. The highest BCUT2D eigenvalue weighted by molar-refractivity contribution is 5.92. The molecule has 0 aliphatic heterocycles. The molecule has 0 radical (unpaired) electrons. The van der Waals surface area contributed by atoms with Crippen molar-refractivity contribution in [2.24, 2.45) is 0 Å². The van der Waals surface area contributed by atoms with Gasteiger partial charge in [0.2, 0.25) is 5.91 Å². The summed E-state index contributed by atoms with van der Waals surface area (Å²) >= 11 is 0. The van der Waals surface area contributed by atoms with Crippen LogP contribution >= 0.6 is 0 Å². The molecule has 15 heavy (non-hydrogen) atoms. The molecule has 5 nitrogen and oxygen atoms in total. The second kappa shape index (κ2) is 5.50. The minimum Gasteiger partial charge on any atom is -0.360 e. The summed E-state index contributed by atoms with van der Waals surface area (Å²) in [5, 5.41) is 6.84. The number of hydrogen-bond acceptors (Lipinski definition) is 4. The Hall–Kier alpha value is -1.36. The van der Waals surface area contributed by atoms with Crippen molar-refractivity contribution in [2.75, 3.05) is 25.0 Å². The van der Waals surface area contributed by atoms with Crippen molar-refractivity contribution in [3.8, 4) is 0 Å². The van der Waals surface area contributed by atoms with Crippen molar-refractivity contribution >= 4 is 11.7 Å². The fourth-order valence-electron chi connectivity index (χ4n) is 1.26. The fourth-order valence-corrected chi connectivity index (χ4v) is 1.26. The molecule has 0 saturated heterocycles. The Morgan fingerprint density at radius 1 is 1.67 bits per heavy atom. The highest BCUT2D eigenvalue weighted by Crippen LogP contribution is 2.14. The molecule has 5 heteroatoms. The molecule has 0 saturated carbocycles. The average molecular weight is 211 g/mol. The highest BCUT2D eigenvalue weighted by Gasteiger charge is 2.16. The van der Waals surface area contributed by atoms with Crippen LogP contribution in [-0.2, 0) is 4.79 Å². The van der Waals surface area contributed by atoms with Gasteiger partial charge in [-0.1, -0.05) is 12.1 Å². The molecule has 0 bridgehead atoms. The summed E-state index contributed by atoms with van der Waals surface area (Å²) in [5.41, 5.74) is 0. The Morgan fingerprint density at radius 2 is 2.40 bits per heavy atom. The van der Waals surface area contributed by atoms with Crippen LogP contribution < -0.4 is 10.2 Å². The Balaban J connectivity index is 2.76. The number of likely N-dealkylation sites (N-methyl/N-ethyl adjacent to an activating group) is 1. The maximum absolute atomic E-state index is 11.6. The summed E-state index contributed by atoms with van der Waals surface area (Å²) in [4.78, 5) is 13.3. The van der Waals surface area contributed by atoms with Gasteiger partial charge in [0.05, 0.1) is 0 Å². The van der Waals surface area contributed by atoms with Crippen LogP contribution in [-0.4, -0.2) is 31.2 Å². The van der Waals surface area contributed by atoms with E-state index in [1.54, 1.807) is 11.0 Å². The van der Waals surface area contributed by atoms with Gasteiger partial charge >= 0.3 is 0 Å². The van der Waals surface area contributed by atoms with Gasteiger partial charge in [-0.3, -0.25) is 9.69 Å². The number of amides is 1. The monoisotopic (exact) mass is 211 g/mol. The molecular weight excluding hydrogens is 194 g/mol. The first-order valence-corrected chi connectivity index (χ1v) is 5.07. The van der Waals surface area contributed by atoms with E-state index >= 15 is 0 Å². The molecule has 0 aliphatic carbocycles.